The van der Waals surface area contributed by atoms with Crippen LogP contribution in [0.3, 0.4) is 0 Å². The third kappa shape index (κ3) is 3.63. The fourth-order valence-electron chi connectivity index (χ4n) is 6.51. The standard InChI is InChI=1S/C19H30BrNO2/c20-19-11-15-8-16(12-19)10-18(9-15,14-19)13-17(22)23-7-6-21-4-2-1-3-5-21/h15-16H,1-14H2/p+1/t15-,16-,18?,19?/m1/s1. The number of esters is 1. The summed E-state index contributed by atoms with van der Waals surface area (Å²) in [5, 5.41) is 0. The summed E-state index contributed by atoms with van der Waals surface area (Å²) in [4.78, 5) is 14.1. The second kappa shape index (κ2) is 6.33. The largest absolute Gasteiger partial charge is 0.460 e. The van der Waals surface area contributed by atoms with Crippen LogP contribution < -0.4 is 4.90 Å². The summed E-state index contributed by atoms with van der Waals surface area (Å²) in [5.74, 6) is 1.77. The molecular weight excluding hydrogens is 354 g/mol. The topological polar surface area (TPSA) is 30.7 Å². The van der Waals surface area contributed by atoms with Gasteiger partial charge in [-0.05, 0) is 75.0 Å². The molecule has 3 nitrogen and oxygen atoms in total. The molecule has 2 atom stereocenters. The Morgan fingerprint density at radius 1 is 1.09 bits per heavy atom. The van der Waals surface area contributed by atoms with Crippen molar-refractivity contribution in [3.63, 3.8) is 0 Å². The molecule has 1 saturated heterocycles. The first kappa shape index (κ1) is 16.4. The molecule has 1 aliphatic heterocycles. The zero-order valence-electron chi connectivity index (χ0n) is 14.2. The van der Waals surface area contributed by atoms with Crippen molar-refractivity contribution in [3.05, 3.63) is 0 Å². The van der Waals surface area contributed by atoms with E-state index in [1.165, 1.54) is 70.9 Å². The summed E-state index contributed by atoms with van der Waals surface area (Å²) in [7, 11) is 0. The zero-order chi connectivity index (χ0) is 15.9. The molecular formula is C19H31BrNO2+. The highest BCUT2D eigenvalue weighted by molar-refractivity contribution is 9.10. The minimum absolute atomic E-state index is 0.0689. The van der Waals surface area contributed by atoms with Gasteiger partial charge in [0.25, 0.3) is 0 Å². The lowest BCUT2D eigenvalue weighted by Gasteiger charge is -2.60. The monoisotopic (exact) mass is 384 g/mol. The molecule has 4 aliphatic carbocycles. The van der Waals surface area contributed by atoms with Crippen LogP contribution in [0.25, 0.3) is 0 Å². The van der Waals surface area contributed by atoms with Gasteiger partial charge in [0.15, 0.2) is 0 Å². The van der Waals surface area contributed by atoms with E-state index in [9.17, 15) is 4.79 Å². The lowest BCUT2D eigenvalue weighted by atomic mass is 9.49. The van der Waals surface area contributed by atoms with Crippen molar-refractivity contribution >= 4 is 21.9 Å². The minimum atomic E-state index is 0.0689. The molecule has 130 valence electrons. The Balaban J connectivity index is 1.27. The van der Waals surface area contributed by atoms with E-state index in [2.05, 4.69) is 15.9 Å². The number of hydrogen-bond donors (Lipinski definition) is 1. The maximum atomic E-state index is 12.4. The van der Waals surface area contributed by atoms with Crippen molar-refractivity contribution < 1.29 is 14.4 Å². The van der Waals surface area contributed by atoms with E-state index in [1.54, 1.807) is 4.90 Å². The number of rotatable bonds is 5. The van der Waals surface area contributed by atoms with Gasteiger partial charge in [-0.15, -0.1) is 0 Å². The van der Waals surface area contributed by atoms with Crippen LogP contribution >= 0.6 is 15.9 Å². The first-order valence-electron chi connectivity index (χ1n) is 9.72. The second-order valence-electron chi connectivity index (χ2n) is 9.07. The van der Waals surface area contributed by atoms with Gasteiger partial charge in [0, 0.05) is 4.32 Å². The third-order valence-corrected chi connectivity index (χ3v) is 7.84. The Kier molecular flexibility index (Phi) is 4.51. The average molecular weight is 385 g/mol. The highest BCUT2D eigenvalue weighted by atomic mass is 79.9. The van der Waals surface area contributed by atoms with Gasteiger partial charge in [-0.2, -0.15) is 0 Å². The summed E-state index contributed by atoms with van der Waals surface area (Å²) in [6, 6.07) is 0. The van der Waals surface area contributed by atoms with Crippen LogP contribution in [0.5, 0.6) is 0 Å². The van der Waals surface area contributed by atoms with Crippen molar-refractivity contribution in [1.29, 1.82) is 0 Å². The number of halogens is 1. The number of nitrogens with one attached hydrogen (secondary N) is 1. The number of alkyl halides is 1. The van der Waals surface area contributed by atoms with Crippen molar-refractivity contribution in [2.75, 3.05) is 26.2 Å². The molecule has 0 unspecified atom stereocenters. The second-order valence-corrected chi connectivity index (χ2v) is 10.8. The summed E-state index contributed by atoms with van der Waals surface area (Å²) in [6.45, 7) is 4.15. The maximum absolute atomic E-state index is 12.4. The smallest absolute Gasteiger partial charge is 0.306 e. The van der Waals surface area contributed by atoms with Crippen LogP contribution in [0.2, 0.25) is 0 Å². The van der Waals surface area contributed by atoms with E-state index in [1.807, 2.05) is 0 Å². The highest BCUT2D eigenvalue weighted by Crippen LogP contribution is 2.65. The fraction of sp³-hybridized carbons (Fsp3) is 0.947. The Morgan fingerprint density at radius 2 is 1.78 bits per heavy atom. The Labute approximate surface area is 148 Å². The lowest BCUT2D eigenvalue weighted by Crippen LogP contribution is -3.13. The predicted molar refractivity (Wildman–Crippen MR) is 93.8 cm³/mol. The molecule has 5 rings (SSSR count). The van der Waals surface area contributed by atoms with E-state index < -0.39 is 0 Å². The fourth-order valence-corrected chi connectivity index (χ4v) is 8.02. The normalized spacial score (nSPS) is 42.8. The van der Waals surface area contributed by atoms with Gasteiger partial charge in [-0.1, -0.05) is 15.9 Å². The van der Waals surface area contributed by atoms with Gasteiger partial charge in [0.2, 0.25) is 0 Å². The van der Waals surface area contributed by atoms with Crippen LogP contribution in [0.4, 0.5) is 0 Å². The SMILES string of the molecule is O=C(CC12C[C@H]3C[C@@H](CC(Br)(C3)C1)C2)OCC[NH+]1CCCCC1. The summed E-state index contributed by atoms with van der Waals surface area (Å²) in [6.07, 6.45) is 12.5. The molecule has 4 heteroatoms. The maximum Gasteiger partial charge on any atom is 0.306 e. The van der Waals surface area contributed by atoms with Crippen molar-refractivity contribution in [3.8, 4) is 0 Å². The molecule has 0 spiro atoms. The van der Waals surface area contributed by atoms with Gasteiger partial charge < -0.3 is 9.64 Å². The van der Waals surface area contributed by atoms with Gasteiger partial charge in [0.05, 0.1) is 19.5 Å². The molecule has 0 aromatic heterocycles. The molecule has 0 aromatic carbocycles. The summed E-state index contributed by atoms with van der Waals surface area (Å²) < 4.78 is 5.98. The predicted octanol–water partition coefficient (Wildman–Crippen LogP) is 2.72. The molecule has 0 radical (unpaired) electrons. The van der Waals surface area contributed by atoms with E-state index >= 15 is 0 Å². The van der Waals surface area contributed by atoms with Crippen LogP contribution in [-0.2, 0) is 9.53 Å². The van der Waals surface area contributed by atoms with E-state index in [-0.39, 0.29) is 11.4 Å². The summed E-state index contributed by atoms with van der Waals surface area (Å²) >= 11 is 4.03. The van der Waals surface area contributed by atoms with Gasteiger partial charge >= 0.3 is 5.97 Å². The van der Waals surface area contributed by atoms with Crippen LogP contribution in [0, 0.1) is 17.3 Å². The first-order chi connectivity index (χ1) is 11.0. The van der Waals surface area contributed by atoms with Crippen molar-refractivity contribution in [1.82, 2.24) is 0 Å². The Morgan fingerprint density at radius 3 is 2.43 bits per heavy atom. The van der Waals surface area contributed by atoms with Gasteiger partial charge in [0.1, 0.15) is 13.2 Å². The molecule has 5 fully saturated rings. The van der Waals surface area contributed by atoms with Gasteiger partial charge in [-0.25, -0.2) is 0 Å². The number of likely N-dealkylation sites (tertiary alicyclic amines) is 1. The van der Waals surface area contributed by atoms with Gasteiger partial charge in [-0.3, -0.25) is 4.79 Å². The van der Waals surface area contributed by atoms with E-state index in [0.717, 1.165) is 18.4 Å². The quantitative estimate of drug-likeness (QED) is 0.583. The molecule has 0 aromatic rings. The Hall–Kier alpha value is -0.0900. The van der Waals surface area contributed by atoms with Crippen LogP contribution in [0.1, 0.15) is 64.2 Å². The van der Waals surface area contributed by atoms with Crippen molar-refractivity contribution in [2.45, 2.75) is 68.5 Å². The van der Waals surface area contributed by atoms with E-state index in [4.69, 9.17) is 4.74 Å². The molecule has 1 heterocycles. The molecule has 1 N–H and O–H groups in total. The number of ether oxygens (including phenoxy) is 1. The highest BCUT2D eigenvalue weighted by Gasteiger charge is 2.57. The van der Waals surface area contributed by atoms with E-state index in [0.29, 0.717) is 17.4 Å². The average Bonchev–Trinajstić information content (AvgIpc) is 2.45. The number of carbonyl (C=O) groups is 1. The first-order valence-corrected chi connectivity index (χ1v) is 10.5. The molecule has 5 aliphatic rings. The molecule has 4 bridgehead atoms. The lowest BCUT2D eigenvalue weighted by molar-refractivity contribution is -0.905. The zero-order valence-corrected chi connectivity index (χ0v) is 15.8. The Bertz CT molecular complexity index is 446. The number of quaternary nitrogens is 1. The molecule has 0 amide bonds. The number of carbonyl (C=O) groups excluding carboxylic acids is 1. The van der Waals surface area contributed by atoms with Crippen molar-refractivity contribution in [2.24, 2.45) is 17.3 Å². The number of hydrogen-bond acceptors (Lipinski definition) is 2. The van der Waals surface area contributed by atoms with Crippen LogP contribution in [0.15, 0.2) is 0 Å². The summed E-state index contributed by atoms with van der Waals surface area (Å²) in [5.41, 5.74) is 0.253. The van der Waals surface area contributed by atoms with Crippen LogP contribution in [-0.4, -0.2) is 36.5 Å². The molecule has 23 heavy (non-hydrogen) atoms. The third-order valence-electron chi connectivity index (χ3n) is 6.91. The molecule has 4 saturated carbocycles. The number of piperidine rings is 1. The minimum Gasteiger partial charge on any atom is -0.460 e.